The predicted molar refractivity (Wildman–Crippen MR) is 54.9 cm³/mol. The van der Waals surface area contributed by atoms with E-state index in [1.807, 2.05) is 0 Å². The standard InChI is InChI=1S/C10H9N3O2/c11-7-1-3-8(4-2-7)13-9(10(14)15)5-6-12-13/h1-6H,11H2,(H,14,15). The van der Waals surface area contributed by atoms with Crippen molar-refractivity contribution < 1.29 is 9.90 Å². The summed E-state index contributed by atoms with van der Waals surface area (Å²) < 4.78 is 1.35. The number of anilines is 1. The molecule has 0 amide bonds. The Morgan fingerprint density at radius 3 is 2.53 bits per heavy atom. The van der Waals surface area contributed by atoms with Crippen LogP contribution in [-0.4, -0.2) is 20.9 Å². The van der Waals surface area contributed by atoms with E-state index in [0.29, 0.717) is 11.4 Å². The van der Waals surface area contributed by atoms with Crippen LogP contribution in [0.25, 0.3) is 5.69 Å². The molecular weight excluding hydrogens is 194 g/mol. The number of hydrogen-bond donors (Lipinski definition) is 2. The lowest BCUT2D eigenvalue weighted by Gasteiger charge is -2.04. The number of carbonyl (C=O) groups is 1. The van der Waals surface area contributed by atoms with Crippen LogP contribution in [0.2, 0.25) is 0 Å². The van der Waals surface area contributed by atoms with Crippen molar-refractivity contribution in [2.45, 2.75) is 0 Å². The molecule has 0 aliphatic heterocycles. The van der Waals surface area contributed by atoms with E-state index in [2.05, 4.69) is 5.10 Å². The first-order valence-electron chi connectivity index (χ1n) is 4.32. The maximum atomic E-state index is 10.8. The molecule has 2 aromatic rings. The van der Waals surface area contributed by atoms with E-state index in [1.54, 1.807) is 24.3 Å². The van der Waals surface area contributed by atoms with Crippen molar-refractivity contribution in [3.63, 3.8) is 0 Å². The Hall–Kier alpha value is -2.30. The smallest absolute Gasteiger partial charge is 0.354 e. The average Bonchev–Trinajstić information content (AvgIpc) is 2.67. The van der Waals surface area contributed by atoms with Gasteiger partial charge in [0.1, 0.15) is 0 Å². The van der Waals surface area contributed by atoms with Crippen molar-refractivity contribution in [1.29, 1.82) is 0 Å². The molecule has 1 heterocycles. The number of nitrogens with two attached hydrogens (primary N) is 1. The fourth-order valence-electron chi connectivity index (χ4n) is 1.29. The first-order valence-corrected chi connectivity index (χ1v) is 4.32. The number of rotatable bonds is 2. The summed E-state index contributed by atoms with van der Waals surface area (Å²) in [4.78, 5) is 10.8. The van der Waals surface area contributed by atoms with Crippen LogP contribution in [0.15, 0.2) is 36.5 Å². The minimum absolute atomic E-state index is 0.125. The maximum Gasteiger partial charge on any atom is 0.354 e. The molecule has 0 bridgehead atoms. The third-order valence-electron chi connectivity index (χ3n) is 2.00. The fourth-order valence-corrected chi connectivity index (χ4v) is 1.29. The van der Waals surface area contributed by atoms with Crippen LogP contribution >= 0.6 is 0 Å². The van der Waals surface area contributed by atoms with E-state index < -0.39 is 5.97 Å². The third kappa shape index (κ3) is 1.67. The van der Waals surface area contributed by atoms with Gasteiger partial charge >= 0.3 is 5.97 Å². The number of nitrogen functional groups attached to an aromatic ring is 1. The summed E-state index contributed by atoms with van der Waals surface area (Å²) in [6, 6.07) is 8.27. The second kappa shape index (κ2) is 3.45. The van der Waals surface area contributed by atoms with Crippen LogP contribution in [0.5, 0.6) is 0 Å². The van der Waals surface area contributed by atoms with Crippen LogP contribution in [0.3, 0.4) is 0 Å². The lowest BCUT2D eigenvalue weighted by Crippen LogP contribution is -2.07. The third-order valence-corrected chi connectivity index (χ3v) is 2.00. The highest BCUT2D eigenvalue weighted by molar-refractivity contribution is 5.86. The van der Waals surface area contributed by atoms with Gasteiger partial charge in [0.2, 0.25) is 0 Å². The molecule has 15 heavy (non-hydrogen) atoms. The lowest BCUT2D eigenvalue weighted by atomic mass is 10.3. The molecule has 1 aromatic carbocycles. The Morgan fingerprint density at radius 2 is 1.93 bits per heavy atom. The quantitative estimate of drug-likeness (QED) is 0.717. The Kier molecular flexibility index (Phi) is 2.13. The van der Waals surface area contributed by atoms with Gasteiger partial charge in [0.25, 0.3) is 0 Å². The molecule has 0 radical (unpaired) electrons. The van der Waals surface area contributed by atoms with E-state index in [9.17, 15) is 4.79 Å². The molecule has 0 spiro atoms. The second-order valence-electron chi connectivity index (χ2n) is 3.02. The van der Waals surface area contributed by atoms with Gasteiger partial charge in [-0.2, -0.15) is 5.10 Å². The predicted octanol–water partition coefficient (Wildman–Crippen LogP) is 1.15. The monoisotopic (exact) mass is 203 g/mol. The number of carboxylic acids is 1. The number of aromatic nitrogens is 2. The van der Waals surface area contributed by atoms with Crippen LogP contribution in [-0.2, 0) is 0 Å². The fraction of sp³-hybridized carbons (Fsp3) is 0. The number of benzene rings is 1. The van der Waals surface area contributed by atoms with Gasteiger partial charge in [-0.1, -0.05) is 0 Å². The van der Waals surface area contributed by atoms with E-state index in [0.717, 1.165) is 0 Å². The molecule has 5 heteroatoms. The van der Waals surface area contributed by atoms with Gasteiger partial charge in [0, 0.05) is 5.69 Å². The average molecular weight is 203 g/mol. The van der Waals surface area contributed by atoms with Crippen LogP contribution < -0.4 is 5.73 Å². The highest BCUT2D eigenvalue weighted by atomic mass is 16.4. The summed E-state index contributed by atoms with van der Waals surface area (Å²) >= 11 is 0. The number of hydrogen-bond acceptors (Lipinski definition) is 3. The first-order chi connectivity index (χ1) is 7.18. The van der Waals surface area contributed by atoms with Gasteiger partial charge in [-0.3, -0.25) is 0 Å². The largest absolute Gasteiger partial charge is 0.477 e. The Balaban J connectivity index is 2.49. The van der Waals surface area contributed by atoms with Crippen molar-refractivity contribution in [2.75, 3.05) is 5.73 Å². The van der Waals surface area contributed by atoms with Gasteiger partial charge < -0.3 is 10.8 Å². The minimum atomic E-state index is -1.01. The van der Waals surface area contributed by atoms with E-state index >= 15 is 0 Å². The topological polar surface area (TPSA) is 81.1 Å². The highest BCUT2D eigenvalue weighted by Crippen LogP contribution is 2.12. The molecule has 76 valence electrons. The number of aromatic carboxylic acids is 1. The second-order valence-corrected chi connectivity index (χ2v) is 3.02. The normalized spacial score (nSPS) is 10.1. The molecule has 0 aliphatic carbocycles. The van der Waals surface area contributed by atoms with Crippen LogP contribution in [0, 0.1) is 0 Å². The molecule has 0 aliphatic rings. The molecule has 0 atom stereocenters. The van der Waals surface area contributed by atoms with Crippen molar-refractivity contribution in [1.82, 2.24) is 9.78 Å². The zero-order chi connectivity index (χ0) is 10.8. The van der Waals surface area contributed by atoms with E-state index in [1.165, 1.54) is 16.9 Å². The van der Waals surface area contributed by atoms with E-state index in [4.69, 9.17) is 10.8 Å². The summed E-state index contributed by atoms with van der Waals surface area (Å²) in [7, 11) is 0. The van der Waals surface area contributed by atoms with Gasteiger partial charge in [0.15, 0.2) is 5.69 Å². The van der Waals surface area contributed by atoms with Gasteiger partial charge in [-0.25, -0.2) is 9.48 Å². The van der Waals surface area contributed by atoms with Crippen molar-refractivity contribution in [2.24, 2.45) is 0 Å². The Bertz CT molecular complexity index is 488. The molecule has 3 N–H and O–H groups in total. The van der Waals surface area contributed by atoms with E-state index in [-0.39, 0.29) is 5.69 Å². The summed E-state index contributed by atoms with van der Waals surface area (Å²) in [6.07, 6.45) is 1.44. The summed E-state index contributed by atoms with van der Waals surface area (Å²) in [6.45, 7) is 0. The van der Waals surface area contributed by atoms with Crippen LogP contribution in [0.1, 0.15) is 10.5 Å². The molecule has 0 fully saturated rings. The van der Waals surface area contributed by atoms with Crippen molar-refractivity contribution >= 4 is 11.7 Å². The molecule has 2 rings (SSSR count). The zero-order valence-electron chi connectivity index (χ0n) is 7.79. The maximum absolute atomic E-state index is 10.8. The summed E-state index contributed by atoms with van der Waals surface area (Å²) in [5.74, 6) is -1.01. The van der Waals surface area contributed by atoms with Gasteiger partial charge in [-0.15, -0.1) is 0 Å². The molecule has 1 aromatic heterocycles. The summed E-state index contributed by atoms with van der Waals surface area (Å²) in [5, 5.41) is 12.8. The number of carboxylic acid groups (broad SMARTS) is 1. The zero-order valence-corrected chi connectivity index (χ0v) is 7.79. The minimum Gasteiger partial charge on any atom is -0.477 e. The summed E-state index contributed by atoms with van der Waals surface area (Å²) in [5.41, 5.74) is 6.96. The van der Waals surface area contributed by atoms with Crippen molar-refractivity contribution in [3.05, 3.63) is 42.2 Å². The highest BCUT2D eigenvalue weighted by Gasteiger charge is 2.10. The molecular formula is C10H9N3O2. The molecule has 0 saturated heterocycles. The van der Waals surface area contributed by atoms with Gasteiger partial charge in [0.05, 0.1) is 11.9 Å². The molecule has 5 nitrogen and oxygen atoms in total. The molecule has 0 unspecified atom stereocenters. The first kappa shape index (κ1) is 9.26. The van der Waals surface area contributed by atoms with Crippen molar-refractivity contribution in [3.8, 4) is 5.69 Å². The number of nitrogens with zero attached hydrogens (tertiary/aromatic N) is 2. The Morgan fingerprint density at radius 1 is 1.27 bits per heavy atom. The van der Waals surface area contributed by atoms with Gasteiger partial charge in [-0.05, 0) is 30.3 Å². The SMILES string of the molecule is Nc1ccc(-n2nccc2C(=O)O)cc1. The van der Waals surface area contributed by atoms with Crippen LogP contribution in [0.4, 0.5) is 5.69 Å². The lowest BCUT2D eigenvalue weighted by molar-refractivity contribution is 0.0687. The Labute approximate surface area is 85.8 Å². The molecule has 0 saturated carbocycles.